The van der Waals surface area contributed by atoms with E-state index in [9.17, 15) is 9.59 Å². The number of rotatable bonds is 9. The third kappa shape index (κ3) is 9.75. The highest BCUT2D eigenvalue weighted by Crippen LogP contribution is 2.17. The summed E-state index contributed by atoms with van der Waals surface area (Å²) >= 11 is 6.57. The Kier molecular flexibility index (Phi) is 10.5. The Morgan fingerprint density at radius 1 is 0.800 bits per heavy atom. The summed E-state index contributed by atoms with van der Waals surface area (Å²) in [6.07, 6.45) is 1.03. The number of halogens is 2. The molecule has 0 amide bonds. The van der Waals surface area contributed by atoms with Crippen LogP contribution in [-0.4, -0.2) is 34.8 Å². The van der Waals surface area contributed by atoms with Gasteiger partial charge >= 0.3 is 11.9 Å². The van der Waals surface area contributed by atoms with Crippen molar-refractivity contribution in [1.29, 1.82) is 0 Å². The Labute approximate surface area is 138 Å². The van der Waals surface area contributed by atoms with Crippen molar-refractivity contribution in [3.05, 3.63) is 0 Å². The molecule has 0 aromatic heterocycles. The average molecular weight is 416 g/mol. The van der Waals surface area contributed by atoms with Crippen molar-refractivity contribution < 1.29 is 19.1 Å². The first-order valence-corrected chi connectivity index (χ1v) is 8.68. The minimum absolute atomic E-state index is 0.283. The molecular formula is C14H24Br2O4. The van der Waals surface area contributed by atoms with Crippen molar-refractivity contribution >= 4 is 43.8 Å². The maximum Gasteiger partial charge on any atom is 0.319 e. The standard InChI is InChI=1S/C14H24Br2O4/c1-9(2)7-19-13(17)11(15)5-6-12(16)14(18)20-8-10(3)4/h9-12H,5-8H2,1-4H3. The predicted octanol–water partition coefficient (Wildman–Crippen LogP) is 3.69. The number of carbonyl (C=O) groups excluding carboxylic acids is 2. The summed E-state index contributed by atoms with van der Waals surface area (Å²) < 4.78 is 10.2. The summed E-state index contributed by atoms with van der Waals surface area (Å²) in [6, 6.07) is 0. The molecule has 0 aliphatic carbocycles. The van der Waals surface area contributed by atoms with E-state index >= 15 is 0 Å². The van der Waals surface area contributed by atoms with E-state index in [2.05, 4.69) is 31.9 Å². The highest BCUT2D eigenvalue weighted by atomic mass is 79.9. The lowest BCUT2D eigenvalue weighted by Gasteiger charge is -2.14. The molecule has 0 heterocycles. The third-order valence-electron chi connectivity index (χ3n) is 2.30. The second kappa shape index (κ2) is 10.6. The van der Waals surface area contributed by atoms with Crippen LogP contribution in [0.4, 0.5) is 0 Å². The van der Waals surface area contributed by atoms with Crippen LogP contribution in [0.5, 0.6) is 0 Å². The maximum absolute atomic E-state index is 11.6. The van der Waals surface area contributed by atoms with E-state index < -0.39 is 0 Å². The molecule has 0 bridgehead atoms. The quantitative estimate of drug-likeness (QED) is 0.425. The number of ether oxygens (including phenoxy) is 2. The predicted molar refractivity (Wildman–Crippen MR) is 86.3 cm³/mol. The van der Waals surface area contributed by atoms with Crippen LogP contribution in [0.3, 0.4) is 0 Å². The molecule has 0 spiro atoms. The van der Waals surface area contributed by atoms with Crippen LogP contribution in [0, 0.1) is 11.8 Å². The lowest BCUT2D eigenvalue weighted by Crippen LogP contribution is -2.24. The SMILES string of the molecule is CC(C)COC(=O)C(Br)CCC(Br)C(=O)OCC(C)C. The van der Waals surface area contributed by atoms with Crippen LogP contribution in [0.25, 0.3) is 0 Å². The van der Waals surface area contributed by atoms with Gasteiger partial charge in [0.2, 0.25) is 0 Å². The molecule has 6 heteroatoms. The number of esters is 2. The van der Waals surface area contributed by atoms with Gasteiger partial charge in [0.05, 0.1) is 13.2 Å². The Bertz CT molecular complexity index is 276. The fourth-order valence-corrected chi connectivity index (χ4v) is 2.00. The van der Waals surface area contributed by atoms with Crippen LogP contribution in [0.2, 0.25) is 0 Å². The highest BCUT2D eigenvalue weighted by molar-refractivity contribution is 9.10. The molecule has 0 radical (unpaired) electrons. The number of hydrogen-bond acceptors (Lipinski definition) is 4. The Morgan fingerprint density at radius 2 is 1.10 bits per heavy atom. The lowest BCUT2D eigenvalue weighted by atomic mass is 10.2. The van der Waals surface area contributed by atoms with Gasteiger partial charge in [0, 0.05) is 0 Å². The monoisotopic (exact) mass is 414 g/mol. The smallest absolute Gasteiger partial charge is 0.319 e. The maximum atomic E-state index is 11.6. The fourth-order valence-electron chi connectivity index (χ4n) is 1.21. The first-order chi connectivity index (χ1) is 9.23. The van der Waals surface area contributed by atoms with E-state index in [1.165, 1.54) is 0 Å². The molecule has 0 aliphatic heterocycles. The molecule has 0 aliphatic rings. The fraction of sp³-hybridized carbons (Fsp3) is 0.857. The van der Waals surface area contributed by atoms with Crippen molar-refractivity contribution in [3.63, 3.8) is 0 Å². The van der Waals surface area contributed by atoms with Crippen molar-refractivity contribution in [2.75, 3.05) is 13.2 Å². The summed E-state index contributed by atoms with van der Waals surface area (Å²) in [6.45, 7) is 8.75. The number of carbonyl (C=O) groups is 2. The van der Waals surface area contributed by atoms with Crippen molar-refractivity contribution in [2.24, 2.45) is 11.8 Å². The second-order valence-corrected chi connectivity index (χ2v) is 7.77. The Balaban J connectivity index is 3.95. The van der Waals surface area contributed by atoms with Gasteiger partial charge < -0.3 is 9.47 Å². The molecule has 0 N–H and O–H groups in total. The molecule has 0 saturated carbocycles. The molecule has 20 heavy (non-hydrogen) atoms. The molecule has 118 valence electrons. The van der Waals surface area contributed by atoms with E-state index in [0.29, 0.717) is 37.9 Å². The molecule has 0 aromatic rings. The van der Waals surface area contributed by atoms with Gasteiger partial charge in [0.25, 0.3) is 0 Å². The van der Waals surface area contributed by atoms with Crippen molar-refractivity contribution in [2.45, 2.75) is 50.2 Å². The zero-order valence-electron chi connectivity index (χ0n) is 12.5. The van der Waals surface area contributed by atoms with Gasteiger partial charge in [-0.3, -0.25) is 9.59 Å². The Morgan fingerprint density at radius 3 is 1.35 bits per heavy atom. The zero-order chi connectivity index (χ0) is 15.7. The topological polar surface area (TPSA) is 52.6 Å². The average Bonchev–Trinajstić information content (AvgIpc) is 2.38. The summed E-state index contributed by atoms with van der Waals surface area (Å²) in [5.41, 5.74) is 0. The van der Waals surface area contributed by atoms with Crippen LogP contribution < -0.4 is 0 Å². The first-order valence-electron chi connectivity index (χ1n) is 6.85. The van der Waals surface area contributed by atoms with E-state index in [4.69, 9.17) is 9.47 Å². The highest BCUT2D eigenvalue weighted by Gasteiger charge is 2.22. The molecule has 0 fully saturated rings. The third-order valence-corrected chi connectivity index (χ3v) is 3.97. The van der Waals surface area contributed by atoms with Gasteiger partial charge in [-0.15, -0.1) is 0 Å². The summed E-state index contributed by atoms with van der Waals surface area (Å²) in [4.78, 5) is 22.5. The number of hydrogen-bond donors (Lipinski definition) is 0. The lowest BCUT2D eigenvalue weighted by molar-refractivity contribution is -0.146. The molecule has 0 aromatic carbocycles. The van der Waals surface area contributed by atoms with E-state index in [1.54, 1.807) is 0 Å². The summed E-state index contributed by atoms with van der Waals surface area (Å²) in [5, 5.41) is 0. The van der Waals surface area contributed by atoms with Gasteiger partial charge in [-0.25, -0.2) is 0 Å². The molecular weight excluding hydrogens is 392 g/mol. The van der Waals surface area contributed by atoms with Gasteiger partial charge in [-0.2, -0.15) is 0 Å². The normalized spacial score (nSPS) is 14.2. The van der Waals surface area contributed by atoms with Crippen LogP contribution >= 0.6 is 31.9 Å². The van der Waals surface area contributed by atoms with E-state index in [0.717, 1.165) is 0 Å². The molecule has 2 atom stereocenters. The van der Waals surface area contributed by atoms with Crippen LogP contribution in [0.1, 0.15) is 40.5 Å². The first kappa shape index (κ1) is 19.9. The zero-order valence-corrected chi connectivity index (χ0v) is 15.7. The Hall–Kier alpha value is -0.100. The summed E-state index contributed by atoms with van der Waals surface area (Å²) in [7, 11) is 0. The molecule has 2 unspecified atom stereocenters. The molecule has 0 rings (SSSR count). The van der Waals surface area contributed by atoms with E-state index in [1.807, 2.05) is 27.7 Å². The van der Waals surface area contributed by atoms with Crippen LogP contribution in [-0.2, 0) is 19.1 Å². The van der Waals surface area contributed by atoms with Gasteiger partial charge in [-0.1, -0.05) is 59.6 Å². The van der Waals surface area contributed by atoms with Gasteiger partial charge in [0.1, 0.15) is 9.65 Å². The van der Waals surface area contributed by atoms with Gasteiger partial charge in [-0.05, 0) is 24.7 Å². The van der Waals surface area contributed by atoms with E-state index in [-0.39, 0.29) is 21.6 Å². The van der Waals surface area contributed by atoms with Crippen molar-refractivity contribution in [3.8, 4) is 0 Å². The van der Waals surface area contributed by atoms with Crippen molar-refractivity contribution in [1.82, 2.24) is 0 Å². The second-order valence-electron chi connectivity index (χ2n) is 5.56. The summed E-state index contributed by atoms with van der Waals surface area (Å²) in [5.74, 6) is 0.0602. The number of alkyl halides is 2. The minimum atomic E-state index is -0.390. The minimum Gasteiger partial charge on any atom is -0.465 e. The molecule has 0 saturated heterocycles. The largest absolute Gasteiger partial charge is 0.465 e. The van der Waals surface area contributed by atoms with Gasteiger partial charge in [0.15, 0.2) is 0 Å². The molecule has 4 nitrogen and oxygen atoms in total. The van der Waals surface area contributed by atoms with Crippen LogP contribution in [0.15, 0.2) is 0 Å².